The molecule has 0 bridgehead atoms. The molecule has 0 saturated heterocycles. The summed E-state index contributed by atoms with van der Waals surface area (Å²) in [6, 6.07) is 14.9. The molecule has 0 spiro atoms. The SMILES string of the molecule is CC(C)(C)OC(=O)N[C@@H](Cc1ccc([B]OC(C)(C)C(C)(C)O)cc1)C(=O)N[C@@H]1CCCc2ccccc21. The number of aryl methyl sites for hydroxylation is 1. The van der Waals surface area contributed by atoms with E-state index in [4.69, 9.17) is 9.39 Å². The van der Waals surface area contributed by atoms with Crippen molar-refractivity contribution in [3.8, 4) is 0 Å². The van der Waals surface area contributed by atoms with Crippen molar-refractivity contribution in [2.45, 2.75) is 103 Å². The standard InChI is InChI=1S/C30H42BN2O5/c1-28(2,3)37-27(35)33-25(26(34)32-24-14-10-12-21-11-8-9-13-23(21)24)19-20-15-17-22(18-16-20)31-38-30(6,7)29(4,5)36/h8-9,11,13,15-18,24-25,36H,10,12,14,19H2,1-7H3,(H,32,34)(H,33,35)/t24-,25+/m1/s1. The smallest absolute Gasteiger partial charge is 0.408 e. The fraction of sp³-hybridized carbons (Fsp3) is 0.533. The van der Waals surface area contributed by atoms with E-state index in [1.165, 1.54) is 5.56 Å². The highest BCUT2D eigenvalue weighted by Gasteiger charge is 2.35. The number of carbonyl (C=O) groups is 2. The van der Waals surface area contributed by atoms with Crippen LogP contribution in [0.15, 0.2) is 48.5 Å². The first-order chi connectivity index (χ1) is 17.6. The summed E-state index contributed by atoms with van der Waals surface area (Å²) in [5.74, 6) is -0.247. The lowest BCUT2D eigenvalue weighted by Crippen LogP contribution is -2.50. The predicted molar refractivity (Wildman–Crippen MR) is 150 cm³/mol. The lowest BCUT2D eigenvalue weighted by Gasteiger charge is -2.37. The van der Waals surface area contributed by atoms with E-state index in [0.29, 0.717) is 6.42 Å². The van der Waals surface area contributed by atoms with Crippen LogP contribution in [0.1, 0.15) is 84.0 Å². The monoisotopic (exact) mass is 521 g/mol. The summed E-state index contributed by atoms with van der Waals surface area (Å²) in [6.45, 7) is 12.4. The Labute approximate surface area is 228 Å². The van der Waals surface area contributed by atoms with Crippen LogP contribution in [0.3, 0.4) is 0 Å². The zero-order valence-electron chi connectivity index (χ0n) is 23.8. The first-order valence-electron chi connectivity index (χ1n) is 13.3. The average Bonchev–Trinajstić information content (AvgIpc) is 2.81. The zero-order valence-corrected chi connectivity index (χ0v) is 23.8. The number of amides is 2. The van der Waals surface area contributed by atoms with Crippen molar-refractivity contribution in [2.24, 2.45) is 0 Å². The summed E-state index contributed by atoms with van der Waals surface area (Å²) in [4.78, 5) is 26.1. The molecule has 0 aromatic heterocycles. The number of fused-ring (bicyclic) bond motifs is 1. The lowest BCUT2D eigenvalue weighted by molar-refractivity contribution is -0.124. The predicted octanol–water partition coefficient (Wildman–Crippen LogP) is 4.13. The Morgan fingerprint density at radius 1 is 1.03 bits per heavy atom. The van der Waals surface area contributed by atoms with Gasteiger partial charge in [-0.15, -0.1) is 0 Å². The van der Waals surface area contributed by atoms with Gasteiger partial charge in [0, 0.05) is 6.42 Å². The molecule has 1 aliphatic rings. The molecule has 8 heteroatoms. The van der Waals surface area contributed by atoms with Gasteiger partial charge < -0.3 is 25.1 Å². The first-order valence-corrected chi connectivity index (χ1v) is 13.3. The van der Waals surface area contributed by atoms with Crippen LogP contribution >= 0.6 is 0 Å². The Morgan fingerprint density at radius 3 is 2.32 bits per heavy atom. The van der Waals surface area contributed by atoms with Crippen LogP contribution in [-0.4, -0.2) is 47.4 Å². The third-order valence-electron chi connectivity index (χ3n) is 7.08. The Balaban J connectivity index is 1.72. The molecule has 7 nitrogen and oxygen atoms in total. The number of hydrogen-bond acceptors (Lipinski definition) is 5. The normalized spacial score (nSPS) is 16.7. The van der Waals surface area contributed by atoms with E-state index in [1.54, 1.807) is 42.1 Å². The van der Waals surface area contributed by atoms with Crippen molar-refractivity contribution < 1.29 is 24.1 Å². The Bertz CT molecular complexity index is 1100. The van der Waals surface area contributed by atoms with Gasteiger partial charge in [0.05, 0.1) is 17.2 Å². The second kappa shape index (κ2) is 11.9. The van der Waals surface area contributed by atoms with Crippen LogP contribution < -0.4 is 16.1 Å². The molecular weight excluding hydrogens is 479 g/mol. The topological polar surface area (TPSA) is 96.9 Å². The summed E-state index contributed by atoms with van der Waals surface area (Å²) in [7, 11) is 1.62. The molecule has 0 fully saturated rings. The number of ether oxygens (including phenoxy) is 1. The number of rotatable bonds is 9. The fourth-order valence-electron chi connectivity index (χ4n) is 4.16. The molecule has 3 rings (SSSR count). The van der Waals surface area contributed by atoms with Crippen molar-refractivity contribution in [3.05, 3.63) is 65.2 Å². The number of nitrogens with one attached hydrogen (secondary N) is 2. The molecule has 205 valence electrons. The van der Waals surface area contributed by atoms with E-state index in [2.05, 4.69) is 22.8 Å². The van der Waals surface area contributed by atoms with Crippen molar-refractivity contribution in [1.82, 2.24) is 10.6 Å². The van der Waals surface area contributed by atoms with Gasteiger partial charge in [0.2, 0.25) is 5.91 Å². The molecule has 1 aliphatic carbocycles. The molecule has 3 N–H and O–H groups in total. The first kappa shape index (κ1) is 29.7. The third-order valence-corrected chi connectivity index (χ3v) is 7.08. The van der Waals surface area contributed by atoms with Gasteiger partial charge in [-0.2, -0.15) is 0 Å². The van der Waals surface area contributed by atoms with Crippen molar-refractivity contribution >= 4 is 24.9 Å². The fourth-order valence-corrected chi connectivity index (χ4v) is 4.16. The van der Waals surface area contributed by atoms with E-state index in [9.17, 15) is 14.7 Å². The zero-order chi connectivity index (χ0) is 28.1. The van der Waals surface area contributed by atoms with Gasteiger partial charge in [-0.05, 0) is 84.4 Å². The minimum Gasteiger partial charge on any atom is -0.444 e. The lowest BCUT2D eigenvalue weighted by atomic mass is 9.82. The van der Waals surface area contributed by atoms with Gasteiger partial charge in [0.15, 0.2) is 0 Å². The number of benzene rings is 2. The maximum Gasteiger partial charge on any atom is 0.408 e. The van der Waals surface area contributed by atoms with Gasteiger partial charge in [-0.1, -0.05) is 54.0 Å². The van der Waals surface area contributed by atoms with Crippen LogP contribution in [0, 0.1) is 0 Å². The van der Waals surface area contributed by atoms with E-state index < -0.39 is 28.9 Å². The Hall–Kier alpha value is -2.84. The highest BCUT2D eigenvalue weighted by atomic mass is 16.6. The maximum atomic E-state index is 13.5. The number of alkyl carbamates (subject to hydrolysis) is 1. The van der Waals surface area contributed by atoms with Gasteiger partial charge in [0.25, 0.3) is 0 Å². The summed E-state index contributed by atoms with van der Waals surface area (Å²) in [5, 5.41) is 16.3. The molecule has 2 aromatic rings. The van der Waals surface area contributed by atoms with Crippen molar-refractivity contribution in [2.75, 3.05) is 0 Å². The van der Waals surface area contributed by atoms with E-state index in [-0.39, 0.29) is 11.9 Å². The number of aliphatic hydroxyl groups is 1. The molecule has 0 aliphatic heterocycles. The van der Waals surface area contributed by atoms with E-state index in [0.717, 1.165) is 35.9 Å². The molecule has 0 unspecified atom stereocenters. The van der Waals surface area contributed by atoms with Crippen LogP contribution in [0.25, 0.3) is 0 Å². The van der Waals surface area contributed by atoms with E-state index in [1.807, 2.05) is 50.2 Å². The Kier molecular flexibility index (Phi) is 9.32. The molecule has 1 radical (unpaired) electrons. The highest BCUT2D eigenvalue weighted by molar-refractivity contribution is 6.47. The van der Waals surface area contributed by atoms with Crippen LogP contribution in [0.5, 0.6) is 0 Å². The molecule has 0 saturated carbocycles. The number of carbonyl (C=O) groups excluding carboxylic acids is 2. The summed E-state index contributed by atoms with van der Waals surface area (Å²) in [5.41, 5.74) is 1.62. The van der Waals surface area contributed by atoms with Crippen molar-refractivity contribution in [1.29, 1.82) is 0 Å². The number of hydrogen-bond donors (Lipinski definition) is 3. The molecule has 38 heavy (non-hydrogen) atoms. The summed E-state index contributed by atoms with van der Waals surface area (Å²) < 4.78 is 11.3. The Morgan fingerprint density at radius 2 is 1.68 bits per heavy atom. The molecule has 2 amide bonds. The minimum absolute atomic E-state index is 0.0939. The van der Waals surface area contributed by atoms with Gasteiger partial charge in [-0.3, -0.25) is 4.79 Å². The van der Waals surface area contributed by atoms with Crippen LogP contribution in [-0.2, 0) is 27.0 Å². The maximum absolute atomic E-state index is 13.5. The van der Waals surface area contributed by atoms with Crippen molar-refractivity contribution in [3.63, 3.8) is 0 Å². The summed E-state index contributed by atoms with van der Waals surface area (Å²) in [6.07, 6.45) is 2.52. The second-order valence-electron chi connectivity index (χ2n) is 12.1. The van der Waals surface area contributed by atoms with Gasteiger partial charge in [0.1, 0.15) is 11.6 Å². The molecule has 2 atom stereocenters. The molecule has 0 heterocycles. The highest BCUT2D eigenvalue weighted by Crippen LogP contribution is 2.29. The summed E-state index contributed by atoms with van der Waals surface area (Å²) >= 11 is 0. The minimum atomic E-state index is -1.02. The molecular formula is C30H42BN2O5. The largest absolute Gasteiger partial charge is 0.444 e. The average molecular weight is 521 g/mol. The van der Waals surface area contributed by atoms with Crippen LogP contribution in [0.2, 0.25) is 0 Å². The van der Waals surface area contributed by atoms with Crippen LogP contribution in [0.4, 0.5) is 4.79 Å². The second-order valence-corrected chi connectivity index (χ2v) is 12.1. The quantitative estimate of drug-likeness (QED) is 0.432. The third kappa shape index (κ3) is 8.33. The molecule has 2 aromatic carbocycles. The van der Waals surface area contributed by atoms with Gasteiger partial charge in [-0.25, -0.2) is 4.79 Å². The van der Waals surface area contributed by atoms with E-state index >= 15 is 0 Å². The van der Waals surface area contributed by atoms with Gasteiger partial charge >= 0.3 is 13.6 Å².